The second kappa shape index (κ2) is 9.38. The van der Waals surface area contributed by atoms with Crippen LogP contribution in [0.15, 0.2) is 24.3 Å². The van der Waals surface area contributed by atoms with Crippen molar-refractivity contribution in [2.45, 2.75) is 24.7 Å². The van der Waals surface area contributed by atoms with Gasteiger partial charge in [0, 0.05) is 11.4 Å². The summed E-state index contributed by atoms with van der Waals surface area (Å²) in [7, 11) is 0. The SMILES string of the molecule is N#Cc1c(C(F)(F)F)cc(NC(=S)Nc2cc(C(F)(F)F)c(C#N)c(C(F)(F)F)c2)cc1C(F)(F)F. The van der Waals surface area contributed by atoms with E-state index in [0.29, 0.717) is 0 Å². The molecule has 0 fully saturated rings. The van der Waals surface area contributed by atoms with Crippen molar-refractivity contribution in [1.82, 2.24) is 0 Å². The van der Waals surface area contributed by atoms with Crippen LogP contribution in [-0.4, -0.2) is 5.11 Å². The zero-order chi connectivity index (χ0) is 27.9. The predicted molar refractivity (Wildman–Crippen MR) is 102 cm³/mol. The van der Waals surface area contributed by atoms with Crippen LogP contribution >= 0.6 is 12.2 Å². The molecule has 0 aliphatic carbocycles. The minimum atomic E-state index is -5.45. The first-order valence-electron chi connectivity index (χ1n) is 8.73. The smallest absolute Gasteiger partial charge is 0.332 e. The summed E-state index contributed by atoms with van der Waals surface area (Å²) in [5.74, 6) is 0. The standard InChI is InChI=1S/C19H6F12N4S/c20-16(21,22)11-1-7(2-12(9(11)5-32)17(23,24)25)34-15(36)35-8-3-13(18(26,27)28)10(6-33)14(4-8)19(29,30)31/h1-4H,(H2,34,35,36). The van der Waals surface area contributed by atoms with Crippen LogP contribution in [0.4, 0.5) is 64.1 Å². The van der Waals surface area contributed by atoms with Crippen molar-refractivity contribution in [3.8, 4) is 12.1 Å². The first-order valence-corrected chi connectivity index (χ1v) is 9.14. The van der Waals surface area contributed by atoms with Gasteiger partial charge in [0.2, 0.25) is 0 Å². The zero-order valence-corrected chi connectivity index (χ0v) is 17.5. The number of rotatable bonds is 2. The van der Waals surface area contributed by atoms with Gasteiger partial charge < -0.3 is 10.6 Å². The minimum Gasteiger partial charge on any atom is -0.332 e. The van der Waals surface area contributed by atoms with Crippen LogP contribution in [0.25, 0.3) is 0 Å². The zero-order valence-electron chi connectivity index (χ0n) is 16.6. The molecule has 192 valence electrons. The van der Waals surface area contributed by atoms with Gasteiger partial charge in [0.15, 0.2) is 5.11 Å². The minimum absolute atomic E-state index is 0.0445. The number of nitrogens with one attached hydrogen (secondary N) is 2. The molecule has 2 aromatic carbocycles. The monoisotopic (exact) mass is 550 g/mol. The Hall–Kier alpha value is -3.73. The first kappa shape index (κ1) is 28.5. The van der Waals surface area contributed by atoms with Crippen molar-refractivity contribution >= 4 is 28.7 Å². The maximum absolute atomic E-state index is 13.2. The molecule has 0 aromatic heterocycles. The highest BCUT2D eigenvalue weighted by Crippen LogP contribution is 2.42. The lowest BCUT2D eigenvalue weighted by atomic mass is 9.99. The van der Waals surface area contributed by atoms with Crippen molar-refractivity contribution < 1.29 is 52.7 Å². The highest BCUT2D eigenvalue weighted by Gasteiger charge is 2.43. The maximum Gasteiger partial charge on any atom is 0.417 e. The molecule has 36 heavy (non-hydrogen) atoms. The number of hydrogen-bond acceptors (Lipinski definition) is 3. The molecule has 2 aromatic rings. The summed E-state index contributed by atoms with van der Waals surface area (Å²) in [5.41, 5.74) is -13.7. The van der Waals surface area contributed by atoms with Crippen molar-refractivity contribution in [1.29, 1.82) is 10.5 Å². The summed E-state index contributed by atoms with van der Waals surface area (Å²) in [5, 5.41) is 20.2. The molecule has 0 heterocycles. The highest BCUT2D eigenvalue weighted by molar-refractivity contribution is 7.80. The Labute approximate surface area is 197 Å². The number of nitrogens with zero attached hydrogens (tertiary/aromatic N) is 2. The molecule has 2 rings (SSSR count). The molecule has 2 N–H and O–H groups in total. The van der Waals surface area contributed by atoms with E-state index in [-0.39, 0.29) is 24.3 Å². The van der Waals surface area contributed by atoms with E-state index in [4.69, 9.17) is 10.5 Å². The van der Waals surface area contributed by atoms with Crippen molar-refractivity contribution in [3.05, 3.63) is 57.6 Å². The molecule has 4 nitrogen and oxygen atoms in total. The predicted octanol–water partition coefficient (Wildman–Crippen LogP) is 7.31. The number of anilines is 2. The van der Waals surface area contributed by atoms with Gasteiger partial charge in [-0.15, -0.1) is 0 Å². The van der Waals surface area contributed by atoms with Gasteiger partial charge in [-0.3, -0.25) is 0 Å². The van der Waals surface area contributed by atoms with Crippen LogP contribution in [0.3, 0.4) is 0 Å². The Bertz CT molecular complexity index is 1110. The van der Waals surface area contributed by atoms with Gasteiger partial charge in [-0.1, -0.05) is 0 Å². The van der Waals surface area contributed by atoms with Crippen LogP contribution in [0.1, 0.15) is 33.4 Å². The third-order valence-corrected chi connectivity index (χ3v) is 4.44. The van der Waals surface area contributed by atoms with Crippen molar-refractivity contribution in [2.24, 2.45) is 0 Å². The van der Waals surface area contributed by atoms with Crippen molar-refractivity contribution in [2.75, 3.05) is 10.6 Å². The van der Waals surface area contributed by atoms with Crippen molar-refractivity contribution in [3.63, 3.8) is 0 Å². The number of nitriles is 2. The molecular weight excluding hydrogens is 544 g/mol. The summed E-state index contributed by atoms with van der Waals surface area (Å²) in [6.07, 6.45) is -21.8. The fraction of sp³-hybridized carbons (Fsp3) is 0.211. The van der Waals surface area contributed by atoms with Crippen LogP contribution in [0.2, 0.25) is 0 Å². The summed E-state index contributed by atoms with van der Waals surface area (Å²) in [4.78, 5) is 0. The van der Waals surface area contributed by atoms with E-state index in [1.54, 1.807) is 10.6 Å². The summed E-state index contributed by atoms with van der Waals surface area (Å²) in [6, 6.07) is 1.76. The largest absolute Gasteiger partial charge is 0.417 e. The van der Waals surface area contributed by atoms with Gasteiger partial charge in [0.1, 0.15) is 12.1 Å². The average Bonchev–Trinajstić information content (AvgIpc) is 2.69. The van der Waals surface area contributed by atoms with E-state index >= 15 is 0 Å². The number of alkyl halides is 12. The number of hydrogen-bond donors (Lipinski definition) is 2. The molecule has 0 atom stereocenters. The van der Waals surface area contributed by atoms with E-state index < -0.39 is 74.6 Å². The molecule has 0 bridgehead atoms. The lowest BCUT2D eigenvalue weighted by Gasteiger charge is -2.19. The Kier molecular flexibility index (Phi) is 7.43. The lowest BCUT2D eigenvalue weighted by molar-refractivity contribution is -0.145. The molecule has 0 spiro atoms. The molecule has 0 aliphatic heterocycles. The topological polar surface area (TPSA) is 71.6 Å². The van der Waals surface area contributed by atoms with Crippen LogP contribution in [0, 0.1) is 22.7 Å². The average molecular weight is 550 g/mol. The maximum atomic E-state index is 13.2. The Morgan fingerprint density at radius 1 is 0.556 bits per heavy atom. The molecule has 0 radical (unpaired) electrons. The van der Waals surface area contributed by atoms with E-state index in [2.05, 4.69) is 12.2 Å². The molecule has 0 amide bonds. The molecule has 0 saturated carbocycles. The third-order valence-electron chi connectivity index (χ3n) is 4.24. The summed E-state index contributed by atoms with van der Waals surface area (Å²) >= 11 is 4.61. The second-order valence-corrected chi connectivity index (χ2v) is 7.09. The molecule has 0 unspecified atom stereocenters. The normalized spacial score (nSPS) is 12.5. The van der Waals surface area contributed by atoms with Gasteiger partial charge in [0.05, 0.1) is 33.4 Å². The number of thiocarbonyl (C=S) groups is 1. The second-order valence-electron chi connectivity index (χ2n) is 6.69. The van der Waals surface area contributed by atoms with E-state index in [1.807, 2.05) is 0 Å². The summed E-state index contributed by atoms with van der Waals surface area (Å²) in [6.45, 7) is 0. The van der Waals surface area contributed by atoms with Gasteiger partial charge in [0.25, 0.3) is 0 Å². The fourth-order valence-corrected chi connectivity index (χ4v) is 3.09. The third kappa shape index (κ3) is 6.28. The van der Waals surface area contributed by atoms with Crippen LogP contribution < -0.4 is 10.6 Å². The Morgan fingerprint density at radius 2 is 0.778 bits per heavy atom. The molecule has 0 saturated heterocycles. The number of benzene rings is 2. The van der Waals surface area contributed by atoms with Gasteiger partial charge in [-0.25, -0.2) is 0 Å². The van der Waals surface area contributed by atoms with E-state index in [9.17, 15) is 52.7 Å². The summed E-state index contributed by atoms with van der Waals surface area (Å²) < 4.78 is 159. The first-order chi connectivity index (χ1) is 16.2. The molecule has 17 heteroatoms. The van der Waals surface area contributed by atoms with E-state index in [1.165, 1.54) is 0 Å². The van der Waals surface area contributed by atoms with Gasteiger partial charge in [-0.2, -0.15) is 63.2 Å². The molecule has 0 aliphatic rings. The van der Waals surface area contributed by atoms with E-state index in [0.717, 1.165) is 12.1 Å². The molecular formula is C19H6F12N4S. The van der Waals surface area contributed by atoms with Crippen LogP contribution in [-0.2, 0) is 24.7 Å². The highest BCUT2D eigenvalue weighted by atomic mass is 32.1. The quantitative estimate of drug-likeness (QED) is 0.303. The number of halogens is 12. The van der Waals surface area contributed by atoms with Crippen LogP contribution in [0.5, 0.6) is 0 Å². The Morgan fingerprint density at radius 3 is 0.944 bits per heavy atom. The van der Waals surface area contributed by atoms with Gasteiger partial charge in [-0.05, 0) is 36.5 Å². The Balaban J connectivity index is 2.57. The van der Waals surface area contributed by atoms with Gasteiger partial charge >= 0.3 is 24.7 Å². The fourth-order valence-electron chi connectivity index (χ4n) is 2.86. The lowest BCUT2D eigenvalue weighted by Crippen LogP contribution is -2.23.